The molecule has 1 aromatic heterocycles. The highest BCUT2D eigenvalue weighted by molar-refractivity contribution is 7.17. The number of hydrogen-bond acceptors (Lipinski definition) is 6. The fourth-order valence-electron chi connectivity index (χ4n) is 3.75. The summed E-state index contributed by atoms with van der Waals surface area (Å²) < 4.78 is 16.7. The Hall–Kier alpha value is -2.54. The summed E-state index contributed by atoms with van der Waals surface area (Å²) in [5.74, 6) is 0.727. The number of carbonyl (C=O) groups is 2. The second kappa shape index (κ2) is 7.83. The Labute approximate surface area is 167 Å². The lowest BCUT2D eigenvalue weighted by atomic mass is 9.86. The summed E-state index contributed by atoms with van der Waals surface area (Å²) in [6, 6.07) is 7.25. The molecular formula is C21H23NO5S. The number of amides is 1. The van der Waals surface area contributed by atoms with Gasteiger partial charge in [0.15, 0.2) is 11.5 Å². The molecule has 0 radical (unpaired) electrons. The van der Waals surface area contributed by atoms with Gasteiger partial charge in [0.1, 0.15) is 11.6 Å². The minimum atomic E-state index is -0.776. The van der Waals surface area contributed by atoms with Gasteiger partial charge in [0.05, 0.1) is 12.2 Å². The first kappa shape index (κ1) is 18.8. The van der Waals surface area contributed by atoms with Gasteiger partial charge in [-0.3, -0.25) is 4.79 Å². The molecule has 2 atom stereocenters. The van der Waals surface area contributed by atoms with Crippen LogP contribution in [0.25, 0.3) is 0 Å². The molecule has 1 amide bonds. The number of rotatable bonds is 4. The molecule has 2 unspecified atom stereocenters. The maximum atomic E-state index is 12.8. The fourth-order valence-corrected chi connectivity index (χ4v) is 5.10. The third-order valence-corrected chi connectivity index (χ3v) is 6.25. The SMILES string of the molecule is CCOC(=O)c1c(NC(=O)C2COc3ccccc3O2)sc2c1C(C)CCC2. The predicted molar refractivity (Wildman–Crippen MR) is 107 cm³/mol. The van der Waals surface area contributed by atoms with Crippen LogP contribution in [0.5, 0.6) is 11.5 Å². The molecule has 0 saturated carbocycles. The number of hydrogen-bond donors (Lipinski definition) is 1. The van der Waals surface area contributed by atoms with E-state index in [1.54, 1.807) is 19.1 Å². The van der Waals surface area contributed by atoms with Gasteiger partial charge in [0.25, 0.3) is 5.91 Å². The average Bonchev–Trinajstić information content (AvgIpc) is 3.07. The highest BCUT2D eigenvalue weighted by atomic mass is 32.1. The molecule has 1 N–H and O–H groups in total. The Morgan fingerprint density at radius 2 is 2.07 bits per heavy atom. The normalized spacial score (nSPS) is 20.2. The molecule has 4 rings (SSSR count). The summed E-state index contributed by atoms with van der Waals surface area (Å²) >= 11 is 1.47. The van der Waals surface area contributed by atoms with Crippen LogP contribution >= 0.6 is 11.3 Å². The minimum Gasteiger partial charge on any atom is -0.485 e. The van der Waals surface area contributed by atoms with Gasteiger partial charge in [-0.25, -0.2) is 4.79 Å². The first-order chi connectivity index (χ1) is 13.6. The number of anilines is 1. The van der Waals surface area contributed by atoms with E-state index in [1.165, 1.54) is 11.3 Å². The van der Waals surface area contributed by atoms with Gasteiger partial charge in [-0.1, -0.05) is 19.1 Å². The molecule has 7 heteroatoms. The molecule has 1 aliphatic carbocycles. The van der Waals surface area contributed by atoms with Crippen LogP contribution in [-0.2, 0) is 16.0 Å². The molecule has 2 heterocycles. The van der Waals surface area contributed by atoms with Gasteiger partial charge in [0, 0.05) is 4.88 Å². The van der Waals surface area contributed by atoms with Gasteiger partial charge < -0.3 is 19.5 Å². The van der Waals surface area contributed by atoms with E-state index in [9.17, 15) is 9.59 Å². The largest absolute Gasteiger partial charge is 0.485 e. The van der Waals surface area contributed by atoms with Crippen molar-refractivity contribution >= 4 is 28.2 Å². The second-order valence-corrected chi connectivity index (χ2v) is 8.12. The molecule has 1 aromatic carbocycles. The van der Waals surface area contributed by atoms with Crippen molar-refractivity contribution in [3.05, 3.63) is 40.3 Å². The standard InChI is InChI=1S/C21H23NO5S/c1-3-25-21(24)18-17-12(2)7-6-10-16(17)28-20(18)22-19(23)15-11-26-13-8-4-5-9-14(13)27-15/h4-5,8-9,12,15H,3,6-7,10-11H2,1-2H3,(H,22,23). The zero-order chi connectivity index (χ0) is 19.7. The van der Waals surface area contributed by atoms with E-state index in [0.29, 0.717) is 28.7 Å². The Balaban J connectivity index is 1.59. The van der Waals surface area contributed by atoms with E-state index < -0.39 is 6.10 Å². The highest BCUT2D eigenvalue weighted by Crippen LogP contribution is 2.44. The number of esters is 1. The zero-order valence-electron chi connectivity index (χ0n) is 15.9. The summed E-state index contributed by atoms with van der Waals surface area (Å²) in [6.07, 6.45) is 2.25. The van der Waals surface area contributed by atoms with E-state index >= 15 is 0 Å². The average molecular weight is 401 g/mol. The Kier molecular flexibility index (Phi) is 5.26. The van der Waals surface area contributed by atoms with Crippen LogP contribution in [0, 0.1) is 0 Å². The zero-order valence-corrected chi connectivity index (χ0v) is 16.8. The number of nitrogens with one attached hydrogen (secondary N) is 1. The lowest BCUT2D eigenvalue weighted by Crippen LogP contribution is -2.40. The van der Waals surface area contributed by atoms with Gasteiger partial charge in [0.2, 0.25) is 6.10 Å². The van der Waals surface area contributed by atoms with E-state index in [-0.39, 0.29) is 24.4 Å². The van der Waals surface area contributed by atoms with Gasteiger partial charge in [-0.05, 0) is 49.8 Å². The van der Waals surface area contributed by atoms with Crippen LogP contribution in [0.3, 0.4) is 0 Å². The summed E-state index contributed by atoms with van der Waals surface area (Å²) in [7, 11) is 0. The third kappa shape index (κ3) is 3.46. The molecule has 6 nitrogen and oxygen atoms in total. The topological polar surface area (TPSA) is 73.9 Å². The Morgan fingerprint density at radius 1 is 1.29 bits per heavy atom. The number of benzene rings is 1. The van der Waals surface area contributed by atoms with E-state index in [4.69, 9.17) is 14.2 Å². The molecule has 0 spiro atoms. The van der Waals surface area contributed by atoms with Crippen molar-refractivity contribution in [1.82, 2.24) is 0 Å². The summed E-state index contributed by atoms with van der Waals surface area (Å²) in [5.41, 5.74) is 1.52. The van der Waals surface area contributed by atoms with Crippen LogP contribution in [-0.4, -0.2) is 31.2 Å². The fraction of sp³-hybridized carbons (Fsp3) is 0.429. The van der Waals surface area contributed by atoms with Crippen LogP contribution in [0.15, 0.2) is 24.3 Å². The monoisotopic (exact) mass is 401 g/mol. The molecule has 0 fully saturated rings. The smallest absolute Gasteiger partial charge is 0.341 e. The Morgan fingerprint density at radius 3 is 2.86 bits per heavy atom. The summed E-state index contributed by atoms with van der Waals surface area (Å²) in [6.45, 7) is 4.32. The molecule has 1 aliphatic heterocycles. The predicted octanol–water partition coefficient (Wildman–Crippen LogP) is 4.14. The van der Waals surface area contributed by atoms with Crippen LogP contribution in [0.1, 0.15) is 53.4 Å². The molecule has 0 saturated heterocycles. The number of thiophene rings is 1. The molecule has 2 aromatic rings. The lowest BCUT2D eigenvalue weighted by molar-refractivity contribution is -0.125. The lowest BCUT2D eigenvalue weighted by Gasteiger charge is -2.25. The van der Waals surface area contributed by atoms with Gasteiger partial charge in [-0.2, -0.15) is 0 Å². The number of para-hydroxylation sites is 2. The maximum absolute atomic E-state index is 12.8. The molecule has 2 aliphatic rings. The number of carbonyl (C=O) groups excluding carboxylic acids is 2. The second-order valence-electron chi connectivity index (χ2n) is 7.01. The van der Waals surface area contributed by atoms with Crippen LogP contribution < -0.4 is 14.8 Å². The molecule has 0 bridgehead atoms. The van der Waals surface area contributed by atoms with Crippen LogP contribution in [0.2, 0.25) is 0 Å². The van der Waals surface area contributed by atoms with Crippen molar-refractivity contribution in [3.63, 3.8) is 0 Å². The van der Waals surface area contributed by atoms with Crippen molar-refractivity contribution in [2.24, 2.45) is 0 Å². The van der Waals surface area contributed by atoms with Gasteiger partial charge in [-0.15, -0.1) is 11.3 Å². The molecule has 28 heavy (non-hydrogen) atoms. The van der Waals surface area contributed by atoms with Crippen LogP contribution in [0.4, 0.5) is 5.00 Å². The highest BCUT2D eigenvalue weighted by Gasteiger charge is 2.33. The first-order valence-electron chi connectivity index (χ1n) is 9.60. The summed E-state index contributed by atoms with van der Waals surface area (Å²) in [5, 5.41) is 3.45. The van der Waals surface area contributed by atoms with Crippen molar-refractivity contribution in [2.75, 3.05) is 18.5 Å². The minimum absolute atomic E-state index is 0.124. The van der Waals surface area contributed by atoms with E-state index in [2.05, 4.69) is 12.2 Å². The van der Waals surface area contributed by atoms with Crippen molar-refractivity contribution in [1.29, 1.82) is 0 Å². The third-order valence-electron chi connectivity index (χ3n) is 5.07. The van der Waals surface area contributed by atoms with Crippen molar-refractivity contribution in [3.8, 4) is 11.5 Å². The number of aryl methyl sites for hydroxylation is 1. The van der Waals surface area contributed by atoms with Gasteiger partial charge >= 0.3 is 5.97 Å². The van der Waals surface area contributed by atoms with E-state index in [1.807, 2.05) is 12.1 Å². The quantitative estimate of drug-likeness (QED) is 0.780. The Bertz CT molecular complexity index is 906. The van der Waals surface area contributed by atoms with Crippen molar-refractivity contribution in [2.45, 2.75) is 45.1 Å². The molecular weight excluding hydrogens is 378 g/mol. The molecule has 148 valence electrons. The van der Waals surface area contributed by atoms with Crippen molar-refractivity contribution < 1.29 is 23.8 Å². The number of ether oxygens (including phenoxy) is 3. The van der Waals surface area contributed by atoms with E-state index in [0.717, 1.165) is 29.7 Å². The summed E-state index contributed by atoms with van der Waals surface area (Å²) in [4.78, 5) is 26.6. The first-order valence-corrected chi connectivity index (χ1v) is 10.4. The number of fused-ring (bicyclic) bond motifs is 2. The maximum Gasteiger partial charge on any atom is 0.341 e.